The van der Waals surface area contributed by atoms with Crippen LogP contribution in [0.4, 0.5) is 0 Å². The Labute approximate surface area is 195 Å². The van der Waals surface area contributed by atoms with Crippen molar-refractivity contribution >= 4 is 0 Å². The highest BCUT2D eigenvalue weighted by molar-refractivity contribution is 5.60. The van der Waals surface area contributed by atoms with E-state index in [0.717, 1.165) is 49.4 Å². The fraction of sp³-hybridized carbons (Fsp3) is 0.423. The first-order valence-corrected chi connectivity index (χ1v) is 11.8. The Hall–Kier alpha value is -3.35. The van der Waals surface area contributed by atoms with E-state index in [1.807, 2.05) is 18.2 Å². The molecule has 0 radical (unpaired) electrons. The third-order valence-electron chi connectivity index (χ3n) is 5.68. The first-order chi connectivity index (χ1) is 16.0. The van der Waals surface area contributed by atoms with Gasteiger partial charge in [-0.1, -0.05) is 76.2 Å². The van der Waals surface area contributed by atoms with Crippen molar-refractivity contribution in [3.05, 3.63) is 76.9 Å². The molecule has 1 N–H and O–H groups in total. The molecule has 7 nitrogen and oxygen atoms in total. The summed E-state index contributed by atoms with van der Waals surface area (Å²) in [5, 5.41) is 19.4. The Bertz CT molecular complexity index is 1140. The van der Waals surface area contributed by atoms with E-state index in [2.05, 4.69) is 83.3 Å². The van der Waals surface area contributed by atoms with Crippen molar-refractivity contribution < 1.29 is 0 Å². The first-order valence-electron chi connectivity index (χ1n) is 11.8. The van der Waals surface area contributed by atoms with Gasteiger partial charge in [-0.15, -0.1) is 10.2 Å². The Balaban J connectivity index is 1.48. The molecule has 0 aliphatic rings. The van der Waals surface area contributed by atoms with Crippen LogP contribution < -0.4 is 0 Å². The number of aryl methyl sites for hydroxylation is 1. The molecule has 0 aliphatic heterocycles. The normalized spacial score (nSPS) is 11.6. The van der Waals surface area contributed by atoms with Crippen LogP contribution in [0.15, 0.2) is 48.5 Å². The predicted octanol–water partition coefficient (Wildman–Crippen LogP) is 4.88. The number of aromatic nitrogens is 7. The molecule has 0 saturated heterocycles. The second-order valence-electron chi connectivity index (χ2n) is 9.52. The largest absolute Gasteiger partial charge is 0.245 e. The van der Waals surface area contributed by atoms with Gasteiger partial charge >= 0.3 is 0 Å². The van der Waals surface area contributed by atoms with Crippen LogP contribution in [0.25, 0.3) is 11.4 Å². The fourth-order valence-corrected chi connectivity index (χ4v) is 3.92. The molecule has 172 valence electrons. The molecule has 0 unspecified atom stereocenters. The van der Waals surface area contributed by atoms with E-state index >= 15 is 0 Å². The molecule has 7 heteroatoms. The summed E-state index contributed by atoms with van der Waals surface area (Å²) in [6.07, 6.45) is 3.81. The van der Waals surface area contributed by atoms with Gasteiger partial charge in [0.1, 0.15) is 5.82 Å². The number of H-pyrrole nitrogens is 1. The standard InChI is InChI=1S/C26H33N7/c1-18(2)9-14-24-27-25(15-19(3)4)33(30-24)17-21-12-10-20(11-13-21)16-22-7-5-6-8-23(22)26-28-31-32-29-26/h5-8,10-13,18-19H,9,14-17H2,1-4H3,(H,28,29,31,32). The minimum Gasteiger partial charge on any atom is -0.245 e. The molecule has 4 aromatic rings. The van der Waals surface area contributed by atoms with Gasteiger partial charge in [0, 0.05) is 18.4 Å². The van der Waals surface area contributed by atoms with Crippen molar-refractivity contribution in [3.8, 4) is 11.4 Å². The van der Waals surface area contributed by atoms with E-state index in [1.165, 1.54) is 16.7 Å². The maximum atomic E-state index is 4.86. The van der Waals surface area contributed by atoms with Crippen molar-refractivity contribution in [2.24, 2.45) is 11.8 Å². The average Bonchev–Trinajstić information content (AvgIpc) is 3.44. The van der Waals surface area contributed by atoms with Crippen molar-refractivity contribution in [3.63, 3.8) is 0 Å². The van der Waals surface area contributed by atoms with Crippen LogP contribution >= 0.6 is 0 Å². The van der Waals surface area contributed by atoms with Crippen LogP contribution in [-0.4, -0.2) is 35.4 Å². The highest BCUT2D eigenvalue weighted by atomic mass is 15.5. The van der Waals surface area contributed by atoms with Gasteiger partial charge in [-0.05, 0) is 46.6 Å². The number of tetrazole rings is 1. The summed E-state index contributed by atoms with van der Waals surface area (Å²) in [5.41, 5.74) is 4.66. The predicted molar refractivity (Wildman–Crippen MR) is 130 cm³/mol. The monoisotopic (exact) mass is 443 g/mol. The molecule has 0 amide bonds. The average molecular weight is 444 g/mol. The third-order valence-corrected chi connectivity index (χ3v) is 5.68. The molecule has 33 heavy (non-hydrogen) atoms. The van der Waals surface area contributed by atoms with Gasteiger partial charge in [0.25, 0.3) is 0 Å². The molecular formula is C26H33N7. The van der Waals surface area contributed by atoms with Crippen molar-refractivity contribution in [1.29, 1.82) is 0 Å². The van der Waals surface area contributed by atoms with Gasteiger partial charge in [0.15, 0.2) is 5.82 Å². The third kappa shape index (κ3) is 6.12. The molecule has 0 saturated carbocycles. The summed E-state index contributed by atoms with van der Waals surface area (Å²) in [5.74, 6) is 3.88. The summed E-state index contributed by atoms with van der Waals surface area (Å²) in [6.45, 7) is 9.70. The number of benzene rings is 2. The highest BCUT2D eigenvalue weighted by Gasteiger charge is 2.13. The molecule has 0 spiro atoms. The van der Waals surface area contributed by atoms with E-state index in [-0.39, 0.29) is 0 Å². The van der Waals surface area contributed by atoms with Crippen LogP contribution in [0.1, 0.15) is 62.5 Å². The number of nitrogens with zero attached hydrogens (tertiary/aromatic N) is 6. The van der Waals surface area contributed by atoms with E-state index in [4.69, 9.17) is 10.1 Å². The van der Waals surface area contributed by atoms with Crippen molar-refractivity contribution in [2.45, 2.75) is 59.9 Å². The number of nitrogens with one attached hydrogen (secondary N) is 1. The maximum absolute atomic E-state index is 4.86. The lowest BCUT2D eigenvalue weighted by Crippen LogP contribution is -2.09. The first kappa shape index (κ1) is 22.8. The zero-order chi connectivity index (χ0) is 23.2. The fourth-order valence-electron chi connectivity index (χ4n) is 3.92. The zero-order valence-electron chi connectivity index (χ0n) is 20.0. The van der Waals surface area contributed by atoms with Gasteiger partial charge in [0.2, 0.25) is 5.82 Å². The summed E-state index contributed by atoms with van der Waals surface area (Å²) in [6, 6.07) is 17.0. The Kier molecular flexibility index (Phi) is 7.27. The van der Waals surface area contributed by atoms with Crippen molar-refractivity contribution in [1.82, 2.24) is 35.4 Å². The molecule has 0 atom stereocenters. The van der Waals surface area contributed by atoms with E-state index in [0.29, 0.717) is 17.7 Å². The number of rotatable bonds is 10. The summed E-state index contributed by atoms with van der Waals surface area (Å²) < 4.78 is 2.09. The molecule has 0 bridgehead atoms. The molecular weight excluding hydrogens is 410 g/mol. The molecule has 2 heterocycles. The lowest BCUT2D eigenvalue weighted by molar-refractivity contribution is 0.556. The zero-order valence-corrected chi connectivity index (χ0v) is 20.0. The maximum Gasteiger partial charge on any atom is 0.204 e. The summed E-state index contributed by atoms with van der Waals surface area (Å²) >= 11 is 0. The quantitative estimate of drug-likeness (QED) is 0.377. The van der Waals surface area contributed by atoms with Crippen LogP contribution in [-0.2, 0) is 25.8 Å². The topological polar surface area (TPSA) is 85.2 Å². The second kappa shape index (κ2) is 10.5. The van der Waals surface area contributed by atoms with Gasteiger partial charge in [0.05, 0.1) is 6.54 Å². The van der Waals surface area contributed by atoms with Crippen LogP contribution in [0.3, 0.4) is 0 Å². The Morgan fingerprint density at radius 3 is 2.36 bits per heavy atom. The number of hydrogen-bond donors (Lipinski definition) is 1. The van der Waals surface area contributed by atoms with Crippen molar-refractivity contribution in [2.75, 3.05) is 0 Å². The smallest absolute Gasteiger partial charge is 0.204 e. The SMILES string of the molecule is CC(C)CCc1nc(CC(C)C)n(Cc2ccc(Cc3ccccc3-c3nn[nH]n3)cc2)n1. The lowest BCUT2D eigenvalue weighted by atomic mass is 9.98. The molecule has 0 fully saturated rings. The Morgan fingerprint density at radius 1 is 0.909 bits per heavy atom. The second-order valence-corrected chi connectivity index (χ2v) is 9.52. The molecule has 2 aromatic heterocycles. The van der Waals surface area contributed by atoms with E-state index < -0.39 is 0 Å². The Morgan fingerprint density at radius 2 is 1.67 bits per heavy atom. The summed E-state index contributed by atoms with van der Waals surface area (Å²) in [7, 11) is 0. The lowest BCUT2D eigenvalue weighted by Gasteiger charge is -2.10. The van der Waals surface area contributed by atoms with Gasteiger partial charge in [-0.25, -0.2) is 9.67 Å². The molecule has 2 aromatic carbocycles. The van der Waals surface area contributed by atoms with Gasteiger partial charge in [-0.3, -0.25) is 0 Å². The number of aromatic amines is 1. The van der Waals surface area contributed by atoms with E-state index in [1.54, 1.807) is 0 Å². The number of hydrogen-bond acceptors (Lipinski definition) is 5. The molecule has 4 rings (SSSR count). The van der Waals surface area contributed by atoms with Crippen LogP contribution in [0, 0.1) is 11.8 Å². The highest BCUT2D eigenvalue weighted by Crippen LogP contribution is 2.22. The van der Waals surface area contributed by atoms with E-state index in [9.17, 15) is 0 Å². The van der Waals surface area contributed by atoms with Crippen LogP contribution in [0.2, 0.25) is 0 Å². The van der Waals surface area contributed by atoms with Crippen LogP contribution in [0.5, 0.6) is 0 Å². The minimum atomic E-state index is 0.549. The minimum absolute atomic E-state index is 0.549. The summed E-state index contributed by atoms with van der Waals surface area (Å²) in [4.78, 5) is 4.86. The van der Waals surface area contributed by atoms with Gasteiger partial charge in [-0.2, -0.15) is 10.3 Å². The van der Waals surface area contributed by atoms with Gasteiger partial charge < -0.3 is 0 Å². The molecule has 0 aliphatic carbocycles.